The zero-order valence-electron chi connectivity index (χ0n) is 19.2. The Kier molecular flexibility index (Phi) is 7.05. The van der Waals surface area contributed by atoms with E-state index in [1.54, 1.807) is 24.4 Å². The Morgan fingerprint density at radius 3 is 2.61 bits per heavy atom. The predicted molar refractivity (Wildman–Crippen MR) is 123 cm³/mol. The van der Waals surface area contributed by atoms with Gasteiger partial charge in [-0.25, -0.2) is 14.8 Å². The minimum Gasteiger partial charge on any atom is -0.454 e. The third-order valence-electron chi connectivity index (χ3n) is 6.99. The minimum atomic E-state index is -1.64. The summed E-state index contributed by atoms with van der Waals surface area (Å²) in [5.74, 6) is -0.388. The molecule has 2 heterocycles. The molecule has 0 radical (unpaired) electrons. The number of anilines is 1. The Morgan fingerprint density at radius 2 is 1.91 bits per heavy atom. The van der Waals surface area contributed by atoms with Crippen molar-refractivity contribution in [2.75, 3.05) is 32.0 Å². The first-order chi connectivity index (χ1) is 15.9. The van der Waals surface area contributed by atoms with Crippen molar-refractivity contribution in [3.63, 3.8) is 0 Å². The van der Waals surface area contributed by atoms with Gasteiger partial charge in [-0.2, -0.15) is 0 Å². The fourth-order valence-corrected chi connectivity index (χ4v) is 5.31. The summed E-state index contributed by atoms with van der Waals surface area (Å²) >= 11 is 0. The summed E-state index contributed by atoms with van der Waals surface area (Å²) in [5.41, 5.74) is -1.04. The number of esters is 1. The maximum atomic E-state index is 13.4. The van der Waals surface area contributed by atoms with Crippen LogP contribution in [0.5, 0.6) is 0 Å². The molecule has 176 valence electrons. The van der Waals surface area contributed by atoms with Gasteiger partial charge in [0, 0.05) is 18.5 Å². The number of aromatic nitrogens is 2. The molecule has 1 amide bonds. The largest absolute Gasteiger partial charge is 0.454 e. The van der Waals surface area contributed by atoms with Gasteiger partial charge >= 0.3 is 5.97 Å². The Balaban J connectivity index is 1.43. The van der Waals surface area contributed by atoms with E-state index < -0.39 is 11.6 Å². The number of benzene rings is 1. The molecule has 3 atom stereocenters. The van der Waals surface area contributed by atoms with Gasteiger partial charge in [-0.05, 0) is 30.9 Å². The van der Waals surface area contributed by atoms with E-state index in [2.05, 4.69) is 15.3 Å². The minimum absolute atomic E-state index is 0.143. The maximum absolute atomic E-state index is 13.4. The smallest absolute Gasteiger partial charge is 0.343 e. The van der Waals surface area contributed by atoms with Crippen molar-refractivity contribution in [1.29, 1.82) is 0 Å². The average molecular weight is 454 g/mol. The van der Waals surface area contributed by atoms with Gasteiger partial charge in [-0.1, -0.05) is 43.2 Å². The molecule has 0 spiro atoms. The third kappa shape index (κ3) is 5.39. The van der Waals surface area contributed by atoms with Crippen LogP contribution in [0.15, 0.2) is 48.9 Å². The maximum Gasteiger partial charge on any atom is 0.343 e. The van der Waals surface area contributed by atoms with E-state index in [9.17, 15) is 14.7 Å². The molecule has 8 nitrogen and oxygen atoms in total. The summed E-state index contributed by atoms with van der Waals surface area (Å²) in [6.45, 7) is 1.60. The molecule has 1 saturated carbocycles. The average Bonchev–Trinajstić information content (AvgIpc) is 3.35. The van der Waals surface area contributed by atoms with Gasteiger partial charge in [-0.3, -0.25) is 4.79 Å². The quantitative estimate of drug-likeness (QED) is 0.494. The number of ether oxygens (including phenoxy) is 1. The monoisotopic (exact) mass is 453 g/mol. The molecule has 1 aliphatic carbocycles. The Labute approximate surface area is 194 Å². The number of hydrogen-bond acceptors (Lipinski definition) is 6. The van der Waals surface area contributed by atoms with Gasteiger partial charge in [-0.15, -0.1) is 0 Å². The molecule has 1 aliphatic heterocycles. The van der Waals surface area contributed by atoms with Gasteiger partial charge in [0.15, 0.2) is 18.2 Å². The number of amides is 1. The van der Waals surface area contributed by atoms with Crippen LogP contribution in [0.1, 0.15) is 44.1 Å². The molecule has 8 heteroatoms. The molecule has 2 N–H and O–H groups in total. The number of likely N-dealkylation sites (tertiary alicyclic amines) is 1. The van der Waals surface area contributed by atoms with Crippen molar-refractivity contribution in [3.8, 4) is 0 Å². The first-order valence-electron chi connectivity index (χ1n) is 11.8. The number of carbonyl (C=O) groups excluding carboxylic acids is 2. The molecular formula is C25H33N4O4+. The second kappa shape index (κ2) is 9.97. The zero-order chi connectivity index (χ0) is 23.3. The normalized spacial score (nSPS) is 25.2. The molecule has 2 unspecified atom stereocenters. The van der Waals surface area contributed by atoms with Crippen LogP contribution in [0.4, 0.5) is 5.82 Å². The fourth-order valence-electron chi connectivity index (χ4n) is 5.31. The molecule has 33 heavy (non-hydrogen) atoms. The van der Waals surface area contributed by atoms with Gasteiger partial charge in [0.25, 0.3) is 5.91 Å². The Morgan fingerprint density at radius 1 is 1.15 bits per heavy atom. The molecule has 1 aromatic carbocycles. The second-order valence-corrected chi connectivity index (χ2v) is 9.61. The van der Waals surface area contributed by atoms with Crippen LogP contribution in [0.2, 0.25) is 0 Å². The highest BCUT2D eigenvalue weighted by molar-refractivity contribution is 5.90. The van der Waals surface area contributed by atoms with E-state index in [1.165, 1.54) is 6.33 Å². The predicted octanol–water partition coefficient (Wildman–Crippen LogP) is 2.65. The van der Waals surface area contributed by atoms with Gasteiger partial charge < -0.3 is 19.6 Å². The number of aliphatic hydroxyl groups is 1. The lowest BCUT2D eigenvalue weighted by Gasteiger charge is -2.41. The SMILES string of the molecule is C[N+]1(CC(=O)Nc2ccncn2)CCCC(OC(=O)[C@](O)(c2ccccc2)C2CCCC2)C1. The van der Waals surface area contributed by atoms with Crippen molar-refractivity contribution >= 4 is 17.7 Å². The molecule has 4 rings (SSSR count). The number of carbonyl (C=O) groups is 2. The highest BCUT2D eigenvalue weighted by Crippen LogP contribution is 2.42. The topological polar surface area (TPSA) is 101 Å². The van der Waals surface area contributed by atoms with Crippen LogP contribution in [0, 0.1) is 5.92 Å². The van der Waals surface area contributed by atoms with Crippen LogP contribution in [-0.4, -0.2) is 64.2 Å². The Hall–Kier alpha value is -2.84. The summed E-state index contributed by atoms with van der Waals surface area (Å²) in [6, 6.07) is 10.8. The molecule has 0 bridgehead atoms. The lowest BCUT2D eigenvalue weighted by atomic mass is 9.80. The summed E-state index contributed by atoms with van der Waals surface area (Å²) < 4.78 is 6.42. The molecule has 2 aliphatic rings. The van der Waals surface area contributed by atoms with Crippen molar-refractivity contribution in [3.05, 3.63) is 54.5 Å². The first kappa shape index (κ1) is 23.3. The van der Waals surface area contributed by atoms with Gasteiger partial charge in [0.1, 0.15) is 18.7 Å². The zero-order valence-corrected chi connectivity index (χ0v) is 19.2. The van der Waals surface area contributed by atoms with Crippen molar-refractivity contribution in [2.24, 2.45) is 5.92 Å². The van der Waals surface area contributed by atoms with Crippen LogP contribution in [0.3, 0.4) is 0 Å². The number of rotatable bonds is 7. The van der Waals surface area contributed by atoms with E-state index in [0.29, 0.717) is 22.4 Å². The second-order valence-electron chi connectivity index (χ2n) is 9.61. The van der Waals surface area contributed by atoms with Crippen LogP contribution >= 0.6 is 0 Å². The molecule has 2 aromatic rings. The van der Waals surface area contributed by atoms with Crippen molar-refractivity contribution in [2.45, 2.75) is 50.2 Å². The number of hydrogen-bond donors (Lipinski definition) is 2. The molecule has 1 aromatic heterocycles. The number of piperidine rings is 1. The fraction of sp³-hybridized carbons (Fsp3) is 0.520. The molecular weight excluding hydrogens is 420 g/mol. The first-order valence-corrected chi connectivity index (χ1v) is 11.8. The number of likely N-dealkylation sites (N-methyl/N-ethyl adjacent to an activating group) is 1. The standard InChI is InChI=1S/C25H32N4O4/c1-29(17-23(30)28-22-13-14-26-18-27-22)15-7-12-21(16-29)33-24(31)25(32,20-10-5-6-11-20)19-8-3-2-4-9-19/h2-4,8-9,13-14,18,20-21,32H,5-7,10-12,15-17H2,1H3/p+1/t21?,25-,29?/m0/s1. The molecule has 1 saturated heterocycles. The Bertz CT molecular complexity index is 951. The van der Waals surface area contributed by atoms with Crippen LogP contribution in [-0.2, 0) is 19.9 Å². The summed E-state index contributed by atoms with van der Waals surface area (Å²) in [5, 5.41) is 14.5. The number of nitrogens with one attached hydrogen (secondary N) is 1. The van der Waals surface area contributed by atoms with E-state index in [0.717, 1.165) is 45.1 Å². The van der Waals surface area contributed by atoms with E-state index in [4.69, 9.17) is 4.74 Å². The number of nitrogens with zero attached hydrogens (tertiary/aromatic N) is 3. The van der Waals surface area contributed by atoms with Gasteiger partial charge in [0.2, 0.25) is 0 Å². The van der Waals surface area contributed by atoms with E-state index >= 15 is 0 Å². The summed E-state index contributed by atoms with van der Waals surface area (Å²) in [7, 11) is 2.00. The van der Waals surface area contributed by atoms with Gasteiger partial charge in [0.05, 0.1) is 13.6 Å². The highest BCUT2D eigenvalue weighted by atomic mass is 16.6. The van der Waals surface area contributed by atoms with Crippen LogP contribution in [0.25, 0.3) is 0 Å². The van der Waals surface area contributed by atoms with Crippen molar-refractivity contribution < 1.29 is 23.9 Å². The lowest BCUT2D eigenvalue weighted by Crippen LogP contribution is -2.57. The lowest BCUT2D eigenvalue weighted by molar-refractivity contribution is -0.909. The van der Waals surface area contributed by atoms with Crippen LogP contribution < -0.4 is 5.32 Å². The summed E-state index contributed by atoms with van der Waals surface area (Å²) in [4.78, 5) is 33.9. The highest BCUT2D eigenvalue weighted by Gasteiger charge is 2.49. The van der Waals surface area contributed by atoms with E-state index in [-0.39, 0.29) is 24.5 Å². The van der Waals surface area contributed by atoms with Crippen molar-refractivity contribution in [1.82, 2.24) is 9.97 Å². The molecule has 2 fully saturated rings. The summed E-state index contributed by atoms with van der Waals surface area (Å²) in [6.07, 6.45) is 7.81. The third-order valence-corrected chi connectivity index (χ3v) is 6.99. The number of quaternary nitrogens is 1. The van der Waals surface area contributed by atoms with E-state index in [1.807, 2.05) is 25.2 Å².